The number of hydrogen-bond acceptors (Lipinski definition) is 4. The van der Waals surface area contributed by atoms with Crippen LogP contribution in [0.5, 0.6) is 11.6 Å². The van der Waals surface area contributed by atoms with Crippen LogP contribution in [0.4, 0.5) is 0 Å². The van der Waals surface area contributed by atoms with Crippen LogP contribution in [0.15, 0.2) is 66.9 Å². The van der Waals surface area contributed by atoms with Gasteiger partial charge in [0.2, 0.25) is 5.88 Å². The molecule has 0 amide bonds. The summed E-state index contributed by atoms with van der Waals surface area (Å²) in [6, 6.07) is 20.9. The first kappa shape index (κ1) is 18.9. The minimum Gasteiger partial charge on any atom is -0.496 e. The number of methoxy groups -OCH3 is 1. The highest BCUT2D eigenvalue weighted by atomic mass is 16.5. The standard InChI is InChI=1S/C23H26N2O2/c1-4-27-23-13-11-20(16-25-23)21-14-18(10-12-22(21)26-3)15-24-17(2)19-8-6-5-7-9-19/h5-14,16-17,24H,4,15H2,1-3H3. The van der Waals surface area contributed by atoms with Crippen molar-refractivity contribution in [1.82, 2.24) is 10.3 Å². The molecule has 1 atom stereocenters. The number of nitrogens with one attached hydrogen (secondary N) is 1. The molecule has 1 N–H and O–H groups in total. The van der Waals surface area contributed by atoms with Crippen LogP contribution in [0, 0.1) is 0 Å². The summed E-state index contributed by atoms with van der Waals surface area (Å²) in [6.07, 6.45) is 1.83. The Bertz CT molecular complexity index is 848. The van der Waals surface area contributed by atoms with Crippen molar-refractivity contribution in [3.63, 3.8) is 0 Å². The van der Waals surface area contributed by atoms with Gasteiger partial charge in [0.25, 0.3) is 0 Å². The lowest BCUT2D eigenvalue weighted by Crippen LogP contribution is -2.18. The van der Waals surface area contributed by atoms with E-state index in [2.05, 4.69) is 53.6 Å². The molecule has 0 aliphatic carbocycles. The van der Waals surface area contributed by atoms with Crippen LogP contribution in [0.2, 0.25) is 0 Å². The maximum atomic E-state index is 5.55. The third-order valence-electron chi connectivity index (χ3n) is 4.52. The van der Waals surface area contributed by atoms with Crippen LogP contribution >= 0.6 is 0 Å². The zero-order valence-corrected chi connectivity index (χ0v) is 16.1. The van der Waals surface area contributed by atoms with Crippen LogP contribution in [-0.4, -0.2) is 18.7 Å². The van der Waals surface area contributed by atoms with Crippen LogP contribution in [0.25, 0.3) is 11.1 Å². The van der Waals surface area contributed by atoms with Gasteiger partial charge in [-0.3, -0.25) is 0 Å². The van der Waals surface area contributed by atoms with Crippen molar-refractivity contribution in [2.24, 2.45) is 0 Å². The van der Waals surface area contributed by atoms with Gasteiger partial charge >= 0.3 is 0 Å². The van der Waals surface area contributed by atoms with E-state index in [0.717, 1.165) is 23.4 Å². The van der Waals surface area contributed by atoms with Crippen molar-refractivity contribution < 1.29 is 9.47 Å². The average Bonchev–Trinajstić information content (AvgIpc) is 2.73. The number of hydrogen-bond donors (Lipinski definition) is 1. The summed E-state index contributed by atoms with van der Waals surface area (Å²) in [5, 5.41) is 3.58. The molecule has 0 saturated heterocycles. The van der Waals surface area contributed by atoms with Gasteiger partial charge in [-0.2, -0.15) is 0 Å². The van der Waals surface area contributed by atoms with E-state index in [9.17, 15) is 0 Å². The lowest BCUT2D eigenvalue weighted by atomic mass is 10.0. The number of aromatic nitrogens is 1. The number of nitrogens with zero attached hydrogens (tertiary/aromatic N) is 1. The second kappa shape index (κ2) is 9.19. The first-order valence-corrected chi connectivity index (χ1v) is 9.25. The monoisotopic (exact) mass is 362 g/mol. The first-order chi connectivity index (χ1) is 13.2. The van der Waals surface area contributed by atoms with E-state index in [1.807, 2.05) is 37.4 Å². The van der Waals surface area contributed by atoms with Gasteiger partial charge in [0.15, 0.2) is 0 Å². The van der Waals surface area contributed by atoms with Crippen molar-refractivity contribution in [2.45, 2.75) is 26.4 Å². The molecule has 4 heteroatoms. The third-order valence-corrected chi connectivity index (χ3v) is 4.52. The maximum Gasteiger partial charge on any atom is 0.213 e. The van der Waals surface area contributed by atoms with Crippen LogP contribution < -0.4 is 14.8 Å². The van der Waals surface area contributed by atoms with E-state index >= 15 is 0 Å². The highest BCUT2D eigenvalue weighted by molar-refractivity contribution is 5.70. The maximum absolute atomic E-state index is 5.55. The Morgan fingerprint density at radius 1 is 1.04 bits per heavy atom. The molecule has 140 valence electrons. The van der Waals surface area contributed by atoms with Gasteiger partial charge < -0.3 is 14.8 Å². The molecule has 0 bridgehead atoms. The molecule has 2 aromatic carbocycles. The molecule has 0 saturated carbocycles. The molecule has 1 unspecified atom stereocenters. The fourth-order valence-electron chi connectivity index (χ4n) is 2.99. The minimum atomic E-state index is 0.281. The third kappa shape index (κ3) is 4.86. The molecule has 3 aromatic rings. The summed E-state index contributed by atoms with van der Waals surface area (Å²) in [7, 11) is 1.69. The molecule has 1 heterocycles. The second-order valence-electron chi connectivity index (χ2n) is 6.37. The van der Waals surface area contributed by atoms with Crippen LogP contribution in [0.1, 0.15) is 31.0 Å². The predicted octanol–water partition coefficient (Wildman–Crippen LogP) is 5.01. The number of pyridine rings is 1. The summed E-state index contributed by atoms with van der Waals surface area (Å²) in [6.45, 7) is 5.51. The van der Waals surface area contributed by atoms with E-state index in [4.69, 9.17) is 9.47 Å². The number of ether oxygens (including phenoxy) is 2. The van der Waals surface area contributed by atoms with Crippen molar-refractivity contribution in [3.05, 3.63) is 78.0 Å². The van der Waals surface area contributed by atoms with Gasteiger partial charge in [-0.25, -0.2) is 4.98 Å². The summed E-state index contributed by atoms with van der Waals surface area (Å²) >= 11 is 0. The fraction of sp³-hybridized carbons (Fsp3) is 0.261. The number of rotatable bonds is 8. The summed E-state index contributed by atoms with van der Waals surface area (Å²) < 4.78 is 11.0. The Kier molecular flexibility index (Phi) is 6.44. The molecule has 0 radical (unpaired) electrons. The quantitative estimate of drug-likeness (QED) is 0.612. The lowest BCUT2D eigenvalue weighted by Gasteiger charge is -2.16. The molecular formula is C23H26N2O2. The van der Waals surface area contributed by atoms with Gasteiger partial charge in [0.1, 0.15) is 5.75 Å². The summed E-state index contributed by atoms with van der Waals surface area (Å²) in [4.78, 5) is 4.37. The lowest BCUT2D eigenvalue weighted by molar-refractivity contribution is 0.327. The molecule has 0 fully saturated rings. The zero-order valence-electron chi connectivity index (χ0n) is 16.1. The van der Waals surface area contributed by atoms with Crippen molar-refractivity contribution in [2.75, 3.05) is 13.7 Å². The SMILES string of the molecule is CCOc1ccc(-c2cc(CNC(C)c3ccccc3)ccc2OC)cn1. The molecular weight excluding hydrogens is 336 g/mol. The van der Waals surface area contributed by atoms with E-state index in [0.29, 0.717) is 12.5 Å². The highest BCUT2D eigenvalue weighted by Crippen LogP contribution is 2.31. The molecule has 0 aliphatic rings. The number of benzene rings is 2. The predicted molar refractivity (Wildman–Crippen MR) is 109 cm³/mol. The van der Waals surface area contributed by atoms with E-state index in [-0.39, 0.29) is 6.04 Å². The topological polar surface area (TPSA) is 43.4 Å². The average molecular weight is 362 g/mol. The first-order valence-electron chi connectivity index (χ1n) is 9.25. The normalized spacial score (nSPS) is 11.8. The molecule has 27 heavy (non-hydrogen) atoms. The van der Waals surface area contributed by atoms with Gasteiger partial charge in [-0.15, -0.1) is 0 Å². The summed E-state index contributed by atoms with van der Waals surface area (Å²) in [5.41, 5.74) is 4.51. The molecule has 3 rings (SSSR count). The molecule has 0 aliphatic heterocycles. The van der Waals surface area contributed by atoms with Crippen molar-refractivity contribution >= 4 is 0 Å². The van der Waals surface area contributed by atoms with E-state index < -0.39 is 0 Å². The van der Waals surface area contributed by atoms with Gasteiger partial charge in [-0.05, 0) is 43.2 Å². The second-order valence-corrected chi connectivity index (χ2v) is 6.37. The van der Waals surface area contributed by atoms with Gasteiger partial charge in [0.05, 0.1) is 13.7 Å². The van der Waals surface area contributed by atoms with Crippen LogP contribution in [0.3, 0.4) is 0 Å². The smallest absolute Gasteiger partial charge is 0.213 e. The fourth-order valence-corrected chi connectivity index (χ4v) is 2.99. The molecule has 1 aromatic heterocycles. The van der Waals surface area contributed by atoms with E-state index in [1.165, 1.54) is 11.1 Å². The Labute approximate surface area is 161 Å². The largest absolute Gasteiger partial charge is 0.496 e. The zero-order chi connectivity index (χ0) is 19.1. The Morgan fingerprint density at radius 2 is 1.85 bits per heavy atom. The van der Waals surface area contributed by atoms with Gasteiger partial charge in [0, 0.05) is 36.0 Å². The highest BCUT2D eigenvalue weighted by Gasteiger charge is 2.10. The van der Waals surface area contributed by atoms with E-state index in [1.54, 1.807) is 7.11 Å². The van der Waals surface area contributed by atoms with Crippen LogP contribution in [-0.2, 0) is 6.54 Å². The Balaban J connectivity index is 1.77. The summed E-state index contributed by atoms with van der Waals surface area (Å²) in [5.74, 6) is 1.47. The minimum absolute atomic E-state index is 0.281. The Morgan fingerprint density at radius 3 is 2.52 bits per heavy atom. The Hall–Kier alpha value is -2.85. The van der Waals surface area contributed by atoms with Crippen molar-refractivity contribution in [1.29, 1.82) is 0 Å². The van der Waals surface area contributed by atoms with Crippen molar-refractivity contribution in [3.8, 4) is 22.8 Å². The molecule has 0 spiro atoms. The molecule has 4 nitrogen and oxygen atoms in total. The van der Waals surface area contributed by atoms with Gasteiger partial charge in [-0.1, -0.05) is 36.4 Å².